The highest BCUT2D eigenvalue weighted by atomic mass is 16.3. The largest absolute Gasteiger partial charge is 0.396 e. The summed E-state index contributed by atoms with van der Waals surface area (Å²) < 4.78 is 0. The van der Waals surface area contributed by atoms with Crippen molar-refractivity contribution in [2.75, 3.05) is 32.8 Å². The lowest BCUT2D eigenvalue weighted by Crippen LogP contribution is -2.41. The number of aliphatic hydroxyl groups excluding tert-OH is 1. The van der Waals surface area contributed by atoms with Gasteiger partial charge in [0.1, 0.15) is 0 Å². The number of aromatic nitrogens is 1. The Labute approximate surface area is 120 Å². The molecule has 1 amide bonds. The maximum Gasteiger partial charge on any atom is 0.226 e. The molecule has 1 aromatic heterocycles. The Morgan fingerprint density at radius 2 is 2.40 bits per heavy atom. The summed E-state index contributed by atoms with van der Waals surface area (Å²) in [5, 5.41) is 12.1. The number of hydrogen-bond acceptors (Lipinski definition) is 4. The van der Waals surface area contributed by atoms with Gasteiger partial charge in [0.2, 0.25) is 5.91 Å². The molecule has 0 saturated carbocycles. The summed E-state index contributed by atoms with van der Waals surface area (Å²) in [6, 6.07) is 5.59. The first-order valence-electron chi connectivity index (χ1n) is 7.27. The van der Waals surface area contributed by atoms with Crippen LogP contribution in [0, 0.1) is 5.92 Å². The van der Waals surface area contributed by atoms with E-state index in [4.69, 9.17) is 0 Å². The maximum absolute atomic E-state index is 11.8. The first-order valence-corrected chi connectivity index (χ1v) is 7.27. The number of nitrogens with zero attached hydrogens (tertiary/aromatic N) is 2. The molecular weight excluding hydrogens is 254 g/mol. The zero-order chi connectivity index (χ0) is 14.2. The molecule has 1 aromatic rings. The monoisotopic (exact) mass is 277 g/mol. The van der Waals surface area contributed by atoms with Gasteiger partial charge in [-0.05, 0) is 37.4 Å². The number of pyridine rings is 1. The molecular formula is C15H23N3O2. The number of piperidine rings is 1. The molecule has 5 heteroatoms. The maximum atomic E-state index is 11.8. The number of carbonyl (C=O) groups excluding carboxylic acids is 1. The lowest BCUT2D eigenvalue weighted by atomic mass is 9.99. The number of likely N-dealkylation sites (tertiary alicyclic amines) is 1. The zero-order valence-corrected chi connectivity index (χ0v) is 11.8. The number of carbonyl (C=O) groups is 1. The third-order valence-corrected chi connectivity index (χ3v) is 3.68. The van der Waals surface area contributed by atoms with Gasteiger partial charge < -0.3 is 15.3 Å². The van der Waals surface area contributed by atoms with Crippen molar-refractivity contribution >= 4 is 5.91 Å². The van der Waals surface area contributed by atoms with Gasteiger partial charge in [-0.2, -0.15) is 0 Å². The van der Waals surface area contributed by atoms with E-state index in [1.54, 1.807) is 6.20 Å². The number of aliphatic hydroxyl groups is 1. The molecule has 1 saturated heterocycles. The van der Waals surface area contributed by atoms with E-state index in [-0.39, 0.29) is 12.5 Å². The van der Waals surface area contributed by atoms with E-state index in [9.17, 15) is 9.90 Å². The average Bonchev–Trinajstić information content (AvgIpc) is 2.48. The molecule has 2 N–H and O–H groups in total. The SMILES string of the molecule is O=C(Cc1ccccn1)NCCN1CCC[C@@H](CO)C1. The summed E-state index contributed by atoms with van der Waals surface area (Å²) in [7, 11) is 0. The van der Waals surface area contributed by atoms with Gasteiger partial charge >= 0.3 is 0 Å². The molecule has 0 bridgehead atoms. The van der Waals surface area contributed by atoms with Crippen LogP contribution in [-0.4, -0.2) is 53.7 Å². The van der Waals surface area contributed by atoms with E-state index in [0.29, 0.717) is 18.9 Å². The van der Waals surface area contributed by atoms with Gasteiger partial charge in [-0.15, -0.1) is 0 Å². The van der Waals surface area contributed by atoms with Crippen molar-refractivity contribution in [1.29, 1.82) is 0 Å². The Bertz CT molecular complexity index is 411. The van der Waals surface area contributed by atoms with Crippen LogP contribution in [0.1, 0.15) is 18.5 Å². The summed E-state index contributed by atoms with van der Waals surface area (Å²) in [4.78, 5) is 18.2. The number of amides is 1. The van der Waals surface area contributed by atoms with Gasteiger partial charge in [0, 0.05) is 38.1 Å². The molecule has 2 heterocycles. The van der Waals surface area contributed by atoms with E-state index < -0.39 is 0 Å². The van der Waals surface area contributed by atoms with Crippen LogP contribution in [0.4, 0.5) is 0 Å². The molecule has 0 unspecified atom stereocenters. The Kier molecular flexibility index (Phi) is 5.95. The van der Waals surface area contributed by atoms with Crippen LogP contribution >= 0.6 is 0 Å². The summed E-state index contributed by atoms with van der Waals surface area (Å²) >= 11 is 0. The zero-order valence-electron chi connectivity index (χ0n) is 11.8. The fourth-order valence-corrected chi connectivity index (χ4v) is 2.59. The first-order chi connectivity index (χ1) is 9.78. The van der Waals surface area contributed by atoms with Gasteiger partial charge in [0.05, 0.1) is 6.42 Å². The fraction of sp³-hybridized carbons (Fsp3) is 0.600. The second-order valence-electron chi connectivity index (χ2n) is 5.34. The summed E-state index contributed by atoms with van der Waals surface area (Å²) in [6.07, 6.45) is 4.28. The average molecular weight is 277 g/mol. The minimum atomic E-state index is 0.0133. The highest BCUT2D eigenvalue weighted by molar-refractivity contribution is 5.78. The van der Waals surface area contributed by atoms with Crippen molar-refractivity contribution in [1.82, 2.24) is 15.2 Å². The van der Waals surface area contributed by atoms with Gasteiger partial charge in [0.25, 0.3) is 0 Å². The van der Waals surface area contributed by atoms with Gasteiger partial charge in [-0.25, -0.2) is 0 Å². The van der Waals surface area contributed by atoms with Crippen molar-refractivity contribution in [3.05, 3.63) is 30.1 Å². The van der Waals surface area contributed by atoms with Gasteiger partial charge in [0.15, 0.2) is 0 Å². The Hall–Kier alpha value is -1.46. The first kappa shape index (κ1) is 14.9. The second-order valence-corrected chi connectivity index (χ2v) is 5.34. The summed E-state index contributed by atoms with van der Waals surface area (Å²) in [6.45, 7) is 3.77. The van der Waals surface area contributed by atoms with Crippen LogP contribution in [0.2, 0.25) is 0 Å². The van der Waals surface area contributed by atoms with Crippen molar-refractivity contribution in [3.63, 3.8) is 0 Å². The minimum Gasteiger partial charge on any atom is -0.396 e. The predicted molar refractivity (Wildman–Crippen MR) is 77.2 cm³/mol. The molecule has 1 atom stereocenters. The normalized spacial score (nSPS) is 19.8. The highest BCUT2D eigenvalue weighted by Gasteiger charge is 2.18. The smallest absolute Gasteiger partial charge is 0.226 e. The van der Waals surface area contributed by atoms with Gasteiger partial charge in [-0.1, -0.05) is 6.07 Å². The molecule has 110 valence electrons. The fourth-order valence-electron chi connectivity index (χ4n) is 2.59. The lowest BCUT2D eigenvalue weighted by Gasteiger charge is -2.31. The van der Waals surface area contributed by atoms with Gasteiger partial charge in [-0.3, -0.25) is 9.78 Å². The van der Waals surface area contributed by atoms with E-state index in [2.05, 4.69) is 15.2 Å². The minimum absolute atomic E-state index is 0.0133. The Balaban J connectivity index is 1.64. The van der Waals surface area contributed by atoms with Crippen molar-refractivity contribution in [2.45, 2.75) is 19.3 Å². The third kappa shape index (κ3) is 4.90. The van der Waals surface area contributed by atoms with Crippen molar-refractivity contribution in [3.8, 4) is 0 Å². The number of rotatable bonds is 6. The molecule has 20 heavy (non-hydrogen) atoms. The Morgan fingerprint density at radius 1 is 1.50 bits per heavy atom. The molecule has 1 aliphatic rings. The lowest BCUT2D eigenvalue weighted by molar-refractivity contribution is -0.120. The quantitative estimate of drug-likeness (QED) is 0.792. The topological polar surface area (TPSA) is 65.5 Å². The van der Waals surface area contributed by atoms with Crippen molar-refractivity contribution in [2.24, 2.45) is 5.92 Å². The van der Waals surface area contributed by atoms with Crippen LogP contribution < -0.4 is 5.32 Å². The third-order valence-electron chi connectivity index (χ3n) is 3.68. The number of nitrogens with one attached hydrogen (secondary N) is 1. The van der Waals surface area contributed by atoms with Crippen LogP contribution in [0.3, 0.4) is 0 Å². The Morgan fingerprint density at radius 3 is 3.15 bits per heavy atom. The standard InChI is InChI=1S/C15H23N3O2/c19-12-13-4-3-8-18(11-13)9-7-17-15(20)10-14-5-1-2-6-16-14/h1-2,5-6,13,19H,3-4,7-12H2,(H,17,20)/t13-/m1/s1. The predicted octanol–water partition coefficient (Wildman–Crippen LogP) is 0.445. The summed E-state index contributed by atoms with van der Waals surface area (Å²) in [5.41, 5.74) is 0.795. The van der Waals surface area contributed by atoms with Crippen LogP contribution in [-0.2, 0) is 11.2 Å². The summed E-state index contributed by atoms with van der Waals surface area (Å²) in [5.74, 6) is 0.410. The van der Waals surface area contributed by atoms with Crippen LogP contribution in [0.15, 0.2) is 24.4 Å². The molecule has 2 rings (SSSR count). The molecule has 1 aliphatic heterocycles. The molecule has 0 aliphatic carbocycles. The number of hydrogen-bond donors (Lipinski definition) is 2. The molecule has 5 nitrogen and oxygen atoms in total. The van der Waals surface area contributed by atoms with E-state index in [1.807, 2.05) is 18.2 Å². The molecule has 1 fully saturated rings. The van der Waals surface area contributed by atoms with Crippen LogP contribution in [0.25, 0.3) is 0 Å². The molecule has 0 radical (unpaired) electrons. The van der Waals surface area contributed by atoms with E-state index in [0.717, 1.165) is 38.2 Å². The van der Waals surface area contributed by atoms with E-state index >= 15 is 0 Å². The van der Waals surface area contributed by atoms with Crippen molar-refractivity contribution < 1.29 is 9.90 Å². The molecule has 0 aromatic carbocycles. The van der Waals surface area contributed by atoms with E-state index in [1.165, 1.54) is 0 Å². The highest BCUT2D eigenvalue weighted by Crippen LogP contribution is 2.14. The van der Waals surface area contributed by atoms with Crippen LogP contribution in [0.5, 0.6) is 0 Å². The molecule has 0 spiro atoms. The second kappa shape index (κ2) is 7.97.